The lowest BCUT2D eigenvalue weighted by Gasteiger charge is -2.14. The summed E-state index contributed by atoms with van der Waals surface area (Å²) in [7, 11) is 3.86. The topological polar surface area (TPSA) is 40.5 Å². The third-order valence-electron chi connectivity index (χ3n) is 2.93. The lowest BCUT2D eigenvalue weighted by Crippen LogP contribution is -2.14. The zero-order valence-electron chi connectivity index (χ0n) is 11.1. The molecule has 19 heavy (non-hydrogen) atoms. The van der Waals surface area contributed by atoms with Crippen LogP contribution in [-0.2, 0) is 6.54 Å². The minimum atomic E-state index is -0.878. The van der Waals surface area contributed by atoms with Crippen LogP contribution >= 0.6 is 0 Å². The normalized spacial score (nSPS) is 10.7. The molecular weight excluding hydrogens is 238 g/mol. The summed E-state index contributed by atoms with van der Waals surface area (Å²) in [5.74, 6) is -0.878. The van der Waals surface area contributed by atoms with Crippen molar-refractivity contribution < 1.29 is 9.90 Å². The van der Waals surface area contributed by atoms with Gasteiger partial charge in [-0.2, -0.15) is 0 Å². The first kappa shape index (κ1) is 13.3. The van der Waals surface area contributed by atoms with Gasteiger partial charge < -0.3 is 10.0 Å². The molecule has 0 amide bonds. The van der Waals surface area contributed by atoms with Crippen molar-refractivity contribution in [2.75, 3.05) is 14.1 Å². The second-order valence-electron chi connectivity index (χ2n) is 4.78. The van der Waals surface area contributed by atoms with Crippen molar-refractivity contribution in [1.82, 2.24) is 4.90 Å². The Morgan fingerprint density at radius 2 is 1.74 bits per heavy atom. The van der Waals surface area contributed by atoms with Crippen LogP contribution in [0.3, 0.4) is 0 Å². The number of carbonyl (C=O) groups is 1. The second kappa shape index (κ2) is 5.67. The molecule has 0 aromatic heterocycles. The number of carboxylic acid groups (broad SMARTS) is 1. The average Bonchev–Trinajstić information content (AvgIpc) is 2.38. The van der Waals surface area contributed by atoms with Crippen LogP contribution in [0.2, 0.25) is 0 Å². The molecule has 3 nitrogen and oxygen atoms in total. The summed E-state index contributed by atoms with van der Waals surface area (Å²) in [6.07, 6.45) is 0. The van der Waals surface area contributed by atoms with E-state index < -0.39 is 5.97 Å². The minimum Gasteiger partial charge on any atom is -0.478 e. The molecule has 0 saturated heterocycles. The highest BCUT2D eigenvalue weighted by Gasteiger charge is 2.11. The van der Waals surface area contributed by atoms with E-state index in [9.17, 15) is 9.90 Å². The molecule has 0 radical (unpaired) electrons. The van der Waals surface area contributed by atoms with Gasteiger partial charge in [0.1, 0.15) is 0 Å². The van der Waals surface area contributed by atoms with E-state index >= 15 is 0 Å². The van der Waals surface area contributed by atoms with E-state index in [1.54, 1.807) is 6.07 Å². The van der Waals surface area contributed by atoms with Gasteiger partial charge in [-0.25, -0.2) is 4.79 Å². The van der Waals surface area contributed by atoms with Crippen LogP contribution in [0.15, 0.2) is 48.5 Å². The van der Waals surface area contributed by atoms with Gasteiger partial charge in [0.05, 0.1) is 5.56 Å². The van der Waals surface area contributed by atoms with E-state index in [-0.39, 0.29) is 0 Å². The molecule has 0 aliphatic heterocycles. The molecule has 0 fully saturated rings. The summed E-state index contributed by atoms with van der Waals surface area (Å²) >= 11 is 0. The van der Waals surface area contributed by atoms with Gasteiger partial charge in [0, 0.05) is 6.54 Å². The number of hydrogen-bond acceptors (Lipinski definition) is 2. The van der Waals surface area contributed by atoms with Gasteiger partial charge in [0.15, 0.2) is 0 Å². The summed E-state index contributed by atoms with van der Waals surface area (Å²) in [6, 6.07) is 15.5. The Morgan fingerprint density at radius 1 is 1.05 bits per heavy atom. The van der Waals surface area contributed by atoms with Gasteiger partial charge in [-0.1, -0.05) is 36.4 Å². The number of nitrogens with zero attached hydrogens (tertiary/aromatic N) is 1. The highest BCUT2D eigenvalue weighted by atomic mass is 16.4. The first-order valence-electron chi connectivity index (χ1n) is 6.14. The molecule has 3 heteroatoms. The monoisotopic (exact) mass is 255 g/mol. The number of aromatic carboxylic acids is 1. The summed E-state index contributed by atoms with van der Waals surface area (Å²) in [5.41, 5.74) is 3.34. The van der Waals surface area contributed by atoms with Crippen molar-refractivity contribution >= 4 is 5.97 Å². The highest BCUT2D eigenvalue weighted by molar-refractivity contribution is 5.90. The summed E-state index contributed by atoms with van der Waals surface area (Å²) in [4.78, 5) is 13.2. The van der Waals surface area contributed by atoms with E-state index in [1.165, 1.54) is 0 Å². The third kappa shape index (κ3) is 3.20. The lowest BCUT2D eigenvalue weighted by atomic mass is 9.99. The predicted octanol–water partition coefficient (Wildman–Crippen LogP) is 3.11. The summed E-state index contributed by atoms with van der Waals surface area (Å²) in [6.45, 7) is 0.613. The fraction of sp³-hybridized carbons (Fsp3) is 0.188. The molecule has 0 saturated carbocycles. The molecule has 2 aromatic rings. The minimum absolute atomic E-state index is 0.369. The SMILES string of the molecule is CN(C)Cc1cc(-c2ccccc2)ccc1C(=O)O. The molecule has 0 unspecified atom stereocenters. The zero-order valence-corrected chi connectivity index (χ0v) is 11.1. The van der Waals surface area contributed by atoms with Crippen LogP contribution < -0.4 is 0 Å². The highest BCUT2D eigenvalue weighted by Crippen LogP contribution is 2.23. The molecule has 0 aliphatic rings. The largest absolute Gasteiger partial charge is 0.478 e. The van der Waals surface area contributed by atoms with E-state index in [0.717, 1.165) is 16.7 Å². The van der Waals surface area contributed by atoms with Crippen LogP contribution in [0.5, 0.6) is 0 Å². The number of rotatable bonds is 4. The lowest BCUT2D eigenvalue weighted by molar-refractivity contribution is 0.0695. The Labute approximate surface area is 113 Å². The number of hydrogen-bond donors (Lipinski definition) is 1. The fourth-order valence-electron chi connectivity index (χ4n) is 2.08. The van der Waals surface area contributed by atoms with E-state index in [2.05, 4.69) is 0 Å². The Kier molecular flexibility index (Phi) is 3.97. The van der Waals surface area contributed by atoms with Crippen molar-refractivity contribution in [3.8, 4) is 11.1 Å². The third-order valence-corrected chi connectivity index (χ3v) is 2.93. The van der Waals surface area contributed by atoms with Crippen LogP contribution in [0.1, 0.15) is 15.9 Å². The number of benzene rings is 2. The Bertz CT molecular complexity index is 577. The van der Waals surface area contributed by atoms with Crippen molar-refractivity contribution in [3.63, 3.8) is 0 Å². The molecule has 0 aliphatic carbocycles. The van der Waals surface area contributed by atoms with Crippen molar-refractivity contribution in [2.45, 2.75) is 6.54 Å². The summed E-state index contributed by atoms with van der Waals surface area (Å²) < 4.78 is 0. The standard InChI is InChI=1S/C16H17NO2/c1-17(2)11-14-10-13(8-9-15(14)16(18)19)12-6-4-3-5-7-12/h3-10H,11H2,1-2H3,(H,18,19). The Hall–Kier alpha value is -2.13. The van der Waals surface area contributed by atoms with E-state index in [0.29, 0.717) is 12.1 Å². The Balaban J connectivity index is 2.46. The van der Waals surface area contributed by atoms with Crippen LogP contribution in [0, 0.1) is 0 Å². The van der Waals surface area contributed by atoms with Gasteiger partial charge in [0.2, 0.25) is 0 Å². The van der Waals surface area contributed by atoms with Crippen molar-refractivity contribution in [3.05, 3.63) is 59.7 Å². The molecule has 0 spiro atoms. The molecule has 2 aromatic carbocycles. The molecule has 1 N–H and O–H groups in total. The molecule has 0 atom stereocenters. The van der Waals surface area contributed by atoms with Gasteiger partial charge >= 0.3 is 5.97 Å². The second-order valence-corrected chi connectivity index (χ2v) is 4.78. The summed E-state index contributed by atoms with van der Waals surface area (Å²) in [5, 5.41) is 9.22. The van der Waals surface area contributed by atoms with Gasteiger partial charge in [-0.3, -0.25) is 0 Å². The fourth-order valence-corrected chi connectivity index (χ4v) is 2.08. The van der Waals surface area contributed by atoms with Crippen molar-refractivity contribution in [2.24, 2.45) is 0 Å². The van der Waals surface area contributed by atoms with Crippen LogP contribution in [0.25, 0.3) is 11.1 Å². The Morgan fingerprint density at radius 3 is 2.32 bits per heavy atom. The van der Waals surface area contributed by atoms with E-state index in [1.807, 2.05) is 61.5 Å². The molecular formula is C16H17NO2. The molecule has 0 heterocycles. The van der Waals surface area contributed by atoms with Crippen molar-refractivity contribution in [1.29, 1.82) is 0 Å². The zero-order chi connectivity index (χ0) is 13.8. The quantitative estimate of drug-likeness (QED) is 0.912. The smallest absolute Gasteiger partial charge is 0.336 e. The first-order chi connectivity index (χ1) is 9.08. The van der Waals surface area contributed by atoms with Gasteiger partial charge in [0.25, 0.3) is 0 Å². The number of carboxylic acids is 1. The molecule has 2 rings (SSSR count). The molecule has 98 valence electrons. The van der Waals surface area contributed by atoms with Crippen LogP contribution in [-0.4, -0.2) is 30.1 Å². The van der Waals surface area contributed by atoms with Crippen LogP contribution in [0.4, 0.5) is 0 Å². The first-order valence-corrected chi connectivity index (χ1v) is 6.14. The average molecular weight is 255 g/mol. The maximum atomic E-state index is 11.2. The maximum Gasteiger partial charge on any atom is 0.336 e. The molecule has 0 bridgehead atoms. The van der Waals surface area contributed by atoms with Gasteiger partial charge in [-0.15, -0.1) is 0 Å². The van der Waals surface area contributed by atoms with Gasteiger partial charge in [-0.05, 0) is 42.9 Å². The van der Waals surface area contributed by atoms with E-state index in [4.69, 9.17) is 0 Å². The predicted molar refractivity (Wildman–Crippen MR) is 76.2 cm³/mol. The maximum absolute atomic E-state index is 11.2.